The Morgan fingerprint density at radius 2 is 1.89 bits per heavy atom. The van der Waals surface area contributed by atoms with E-state index in [1.165, 1.54) is 0 Å². The largest absolute Gasteiger partial charge is 0.488 e. The summed E-state index contributed by atoms with van der Waals surface area (Å²) in [6.07, 6.45) is 0. The number of hydrogen-bond donors (Lipinski definition) is 1. The average molecular weight is 391 g/mol. The minimum atomic E-state index is 0.416. The lowest BCUT2D eigenvalue weighted by Crippen LogP contribution is -2.00. The standard InChI is InChI=1S/C13H10Br2ClNO/c14-9-2-1-8(12(17)5-9)7-18-13-4-3-10(16)6-11(13)15/h1-6H,7,17H2. The van der Waals surface area contributed by atoms with E-state index in [1.54, 1.807) is 12.1 Å². The molecule has 0 aliphatic carbocycles. The SMILES string of the molecule is Nc1cc(Br)ccc1COc1ccc(Cl)cc1Br. The van der Waals surface area contributed by atoms with Crippen LogP contribution >= 0.6 is 43.5 Å². The summed E-state index contributed by atoms with van der Waals surface area (Å²) in [5.41, 5.74) is 7.55. The van der Waals surface area contributed by atoms with Crippen molar-refractivity contribution in [3.05, 3.63) is 55.9 Å². The lowest BCUT2D eigenvalue weighted by molar-refractivity contribution is 0.305. The summed E-state index contributed by atoms with van der Waals surface area (Å²) in [5.74, 6) is 0.738. The van der Waals surface area contributed by atoms with Crippen LogP contribution in [0.2, 0.25) is 5.02 Å². The van der Waals surface area contributed by atoms with Gasteiger partial charge in [-0.05, 0) is 46.3 Å². The number of nitrogen functional groups attached to an aromatic ring is 1. The van der Waals surface area contributed by atoms with Crippen molar-refractivity contribution in [1.29, 1.82) is 0 Å². The zero-order valence-corrected chi connectivity index (χ0v) is 13.2. The van der Waals surface area contributed by atoms with Gasteiger partial charge >= 0.3 is 0 Å². The summed E-state index contributed by atoms with van der Waals surface area (Å²) < 4.78 is 7.48. The second kappa shape index (κ2) is 5.95. The molecule has 2 aromatic carbocycles. The molecule has 2 rings (SSSR count). The molecule has 0 heterocycles. The third kappa shape index (κ3) is 3.40. The monoisotopic (exact) mass is 389 g/mol. The third-order valence-electron chi connectivity index (χ3n) is 2.39. The molecular weight excluding hydrogens is 381 g/mol. The van der Waals surface area contributed by atoms with Crippen LogP contribution in [0.3, 0.4) is 0 Å². The summed E-state index contributed by atoms with van der Waals surface area (Å²) >= 11 is 12.6. The molecule has 0 amide bonds. The van der Waals surface area contributed by atoms with Gasteiger partial charge in [-0.1, -0.05) is 33.6 Å². The molecule has 0 fully saturated rings. The van der Waals surface area contributed by atoms with Crippen molar-refractivity contribution in [1.82, 2.24) is 0 Å². The first kappa shape index (κ1) is 13.7. The molecule has 94 valence electrons. The molecule has 0 radical (unpaired) electrons. The van der Waals surface area contributed by atoms with Gasteiger partial charge in [0.25, 0.3) is 0 Å². The normalized spacial score (nSPS) is 10.4. The van der Waals surface area contributed by atoms with Crippen LogP contribution in [0.25, 0.3) is 0 Å². The van der Waals surface area contributed by atoms with Crippen LogP contribution in [0.15, 0.2) is 45.3 Å². The molecule has 0 aliphatic rings. The topological polar surface area (TPSA) is 35.2 Å². The maximum atomic E-state index is 5.90. The first-order valence-corrected chi connectivity index (χ1v) is 7.14. The molecule has 0 saturated carbocycles. The number of ether oxygens (including phenoxy) is 1. The first-order valence-electron chi connectivity index (χ1n) is 5.18. The minimum absolute atomic E-state index is 0.416. The van der Waals surface area contributed by atoms with Crippen molar-refractivity contribution in [3.8, 4) is 5.75 Å². The van der Waals surface area contributed by atoms with E-state index in [0.717, 1.165) is 20.3 Å². The Labute approximate surface area is 127 Å². The van der Waals surface area contributed by atoms with Crippen molar-refractivity contribution < 1.29 is 4.74 Å². The highest BCUT2D eigenvalue weighted by molar-refractivity contribution is 9.10. The van der Waals surface area contributed by atoms with Crippen LogP contribution in [0.5, 0.6) is 5.75 Å². The van der Waals surface area contributed by atoms with Gasteiger partial charge in [-0.15, -0.1) is 0 Å². The van der Waals surface area contributed by atoms with Crippen molar-refractivity contribution >= 4 is 49.1 Å². The molecule has 0 spiro atoms. The fraction of sp³-hybridized carbons (Fsp3) is 0.0769. The quantitative estimate of drug-likeness (QED) is 0.745. The first-order chi connectivity index (χ1) is 8.56. The molecular formula is C13H10Br2ClNO. The summed E-state index contributed by atoms with van der Waals surface area (Å²) in [6.45, 7) is 0.416. The van der Waals surface area contributed by atoms with E-state index in [2.05, 4.69) is 31.9 Å². The number of rotatable bonds is 3. The van der Waals surface area contributed by atoms with E-state index in [9.17, 15) is 0 Å². The lowest BCUT2D eigenvalue weighted by Gasteiger charge is -2.10. The number of nitrogens with two attached hydrogens (primary N) is 1. The zero-order valence-electron chi connectivity index (χ0n) is 9.29. The van der Waals surface area contributed by atoms with Gasteiger partial charge in [-0.25, -0.2) is 0 Å². The van der Waals surface area contributed by atoms with Gasteiger partial charge in [0.15, 0.2) is 0 Å². The van der Waals surface area contributed by atoms with Crippen LogP contribution < -0.4 is 10.5 Å². The molecule has 0 bridgehead atoms. The second-order valence-electron chi connectivity index (χ2n) is 3.71. The van der Waals surface area contributed by atoms with E-state index in [1.807, 2.05) is 24.3 Å². The van der Waals surface area contributed by atoms with Crippen molar-refractivity contribution in [2.24, 2.45) is 0 Å². The van der Waals surface area contributed by atoms with Crippen LogP contribution in [-0.4, -0.2) is 0 Å². The van der Waals surface area contributed by atoms with Crippen LogP contribution in [0.4, 0.5) is 5.69 Å². The smallest absolute Gasteiger partial charge is 0.134 e. The highest BCUT2D eigenvalue weighted by Gasteiger charge is 2.04. The second-order valence-corrected chi connectivity index (χ2v) is 5.91. The fourth-order valence-electron chi connectivity index (χ4n) is 1.45. The summed E-state index contributed by atoms with van der Waals surface area (Å²) in [4.78, 5) is 0. The lowest BCUT2D eigenvalue weighted by atomic mass is 10.2. The number of anilines is 1. The molecule has 2 N–H and O–H groups in total. The fourth-order valence-corrected chi connectivity index (χ4v) is 2.62. The Balaban J connectivity index is 2.11. The number of halogens is 3. The predicted octanol–water partition coefficient (Wildman–Crippen LogP) is 5.03. The zero-order chi connectivity index (χ0) is 13.1. The average Bonchev–Trinajstić information content (AvgIpc) is 2.30. The summed E-state index contributed by atoms with van der Waals surface area (Å²) in [7, 11) is 0. The van der Waals surface area contributed by atoms with Crippen molar-refractivity contribution in [3.63, 3.8) is 0 Å². The van der Waals surface area contributed by atoms with Gasteiger partial charge in [0.1, 0.15) is 12.4 Å². The molecule has 0 aromatic heterocycles. The van der Waals surface area contributed by atoms with Gasteiger partial charge in [0, 0.05) is 20.7 Å². The Morgan fingerprint density at radius 1 is 1.11 bits per heavy atom. The van der Waals surface area contributed by atoms with E-state index < -0.39 is 0 Å². The van der Waals surface area contributed by atoms with Crippen LogP contribution in [-0.2, 0) is 6.61 Å². The molecule has 2 nitrogen and oxygen atoms in total. The summed E-state index contributed by atoms with van der Waals surface area (Å²) in [6, 6.07) is 11.1. The Bertz CT molecular complexity index is 523. The minimum Gasteiger partial charge on any atom is -0.488 e. The van der Waals surface area contributed by atoms with E-state index in [0.29, 0.717) is 17.3 Å². The van der Waals surface area contributed by atoms with Gasteiger partial charge in [0.05, 0.1) is 4.47 Å². The van der Waals surface area contributed by atoms with E-state index in [-0.39, 0.29) is 0 Å². The third-order valence-corrected chi connectivity index (χ3v) is 3.73. The Kier molecular flexibility index (Phi) is 4.54. The predicted molar refractivity (Wildman–Crippen MR) is 82.0 cm³/mol. The molecule has 18 heavy (non-hydrogen) atoms. The van der Waals surface area contributed by atoms with E-state index in [4.69, 9.17) is 22.1 Å². The van der Waals surface area contributed by atoms with Crippen LogP contribution in [0, 0.1) is 0 Å². The molecule has 5 heteroatoms. The number of benzene rings is 2. The van der Waals surface area contributed by atoms with Gasteiger partial charge < -0.3 is 10.5 Å². The van der Waals surface area contributed by atoms with Crippen molar-refractivity contribution in [2.45, 2.75) is 6.61 Å². The molecule has 0 saturated heterocycles. The molecule has 0 unspecified atom stereocenters. The molecule has 0 atom stereocenters. The van der Waals surface area contributed by atoms with Gasteiger partial charge in [0.2, 0.25) is 0 Å². The highest BCUT2D eigenvalue weighted by Crippen LogP contribution is 2.29. The Morgan fingerprint density at radius 3 is 2.56 bits per heavy atom. The molecule has 2 aromatic rings. The summed E-state index contributed by atoms with van der Waals surface area (Å²) in [5, 5.41) is 0.664. The highest BCUT2D eigenvalue weighted by atomic mass is 79.9. The maximum Gasteiger partial charge on any atom is 0.134 e. The van der Waals surface area contributed by atoms with Crippen LogP contribution in [0.1, 0.15) is 5.56 Å². The van der Waals surface area contributed by atoms with Gasteiger partial charge in [-0.2, -0.15) is 0 Å². The van der Waals surface area contributed by atoms with Gasteiger partial charge in [-0.3, -0.25) is 0 Å². The molecule has 0 aliphatic heterocycles. The maximum absolute atomic E-state index is 5.90. The van der Waals surface area contributed by atoms with Crippen molar-refractivity contribution in [2.75, 3.05) is 5.73 Å². The number of hydrogen-bond acceptors (Lipinski definition) is 2. The Hall–Kier alpha value is -0.710. The van der Waals surface area contributed by atoms with E-state index >= 15 is 0 Å².